The van der Waals surface area contributed by atoms with Gasteiger partial charge in [-0.15, -0.1) is 0 Å². The average molecular weight is 293 g/mol. The van der Waals surface area contributed by atoms with Crippen LogP contribution in [0, 0.1) is 35.0 Å². The zero-order valence-electron chi connectivity index (χ0n) is 14.4. The number of nitrogens with two attached hydrogens (primary N) is 1. The van der Waals surface area contributed by atoms with Crippen LogP contribution in [0.25, 0.3) is 0 Å². The molecule has 21 heavy (non-hydrogen) atoms. The molecule has 0 bridgehead atoms. The van der Waals surface area contributed by atoms with E-state index in [9.17, 15) is 5.11 Å². The highest BCUT2D eigenvalue weighted by atomic mass is 16.3. The van der Waals surface area contributed by atoms with Crippen LogP contribution >= 0.6 is 0 Å². The number of fused-ring (bicyclic) bond motifs is 3. The molecule has 3 aliphatic rings. The minimum absolute atomic E-state index is 0.0225. The lowest BCUT2D eigenvalue weighted by molar-refractivity contribution is -0.0988. The Morgan fingerprint density at radius 2 is 1.81 bits per heavy atom. The molecule has 2 heteroatoms. The molecule has 2 nitrogen and oxygen atoms in total. The molecular weight excluding hydrogens is 258 g/mol. The lowest BCUT2D eigenvalue weighted by Gasteiger charge is -2.61. The van der Waals surface area contributed by atoms with Gasteiger partial charge < -0.3 is 10.8 Å². The SMILES string of the molecule is CC(C)C1(C)CCC2C(CCC3C[C@@H](O)CCC32N)C1C. The highest BCUT2D eigenvalue weighted by molar-refractivity contribution is 5.10. The standard InChI is InChI=1S/C19H35NO/c1-12(2)18(4)9-8-17-16(13(18)3)6-5-14-11-15(21)7-10-19(14,17)20/h12-17,21H,5-11,20H2,1-4H3/t13?,14?,15-,16?,17?,18?,19?/m0/s1. The van der Waals surface area contributed by atoms with E-state index >= 15 is 0 Å². The molecule has 0 radical (unpaired) electrons. The van der Waals surface area contributed by atoms with E-state index in [-0.39, 0.29) is 11.6 Å². The van der Waals surface area contributed by atoms with Gasteiger partial charge in [0.05, 0.1) is 6.10 Å². The molecule has 122 valence electrons. The molecule has 0 aliphatic heterocycles. The van der Waals surface area contributed by atoms with Crippen LogP contribution in [0.15, 0.2) is 0 Å². The first-order valence-electron chi connectivity index (χ1n) is 9.26. The number of hydrogen-bond acceptors (Lipinski definition) is 2. The predicted molar refractivity (Wildman–Crippen MR) is 87.8 cm³/mol. The zero-order chi connectivity index (χ0) is 15.4. The van der Waals surface area contributed by atoms with Crippen LogP contribution in [0.1, 0.15) is 72.6 Å². The van der Waals surface area contributed by atoms with Crippen LogP contribution in [-0.4, -0.2) is 16.7 Å². The lowest BCUT2D eigenvalue weighted by Crippen LogP contribution is -2.64. The second kappa shape index (κ2) is 5.23. The fourth-order valence-corrected chi connectivity index (χ4v) is 6.23. The first-order chi connectivity index (χ1) is 9.79. The molecule has 6 unspecified atom stereocenters. The van der Waals surface area contributed by atoms with E-state index in [1.807, 2.05) is 0 Å². The Morgan fingerprint density at radius 1 is 1.10 bits per heavy atom. The van der Waals surface area contributed by atoms with Crippen molar-refractivity contribution in [3.63, 3.8) is 0 Å². The van der Waals surface area contributed by atoms with Crippen molar-refractivity contribution < 1.29 is 5.11 Å². The maximum atomic E-state index is 10.0. The highest BCUT2D eigenvalue weighted by Crippen LogP contribution is 2.59. The van der Waals surface area contributed by atoms with Crippen LogP contribution in [0.5, 0.6) is 0 Å². The van der Waals surface area contributed by atoms with E-state index in [1.165, 1.54) is 25.7 Å². The van der Waals surface area contributed by atoms with Gasteiger partial charge >= 0.3 is 0 Å². The van der Waals surface area contributed by atoms with Crippen LogP contribution in [0.2, 0.25) is 0 Å². The number of hydrogen-bond donors (Lipinski definition) is 2. The van der Waals surface area contributed by atoms with Crippen LogP contribution < -0.4 is 5.73 Å². The van der Waals surface area contributed by atoms with Gasteiger partial charge in [0.25, 0.3) is 0 Å². The third-order valence-corrected chi connectivity index (χ3v) is 8.28. The van der Waals surface area contributed by atoms with Crippen molar-refractivity contribution in [2.24, 2.45) is 40.7 Å². The molecule has 7 atom stereocenters. The van der Waals surface area contributed by atoms with E-state index in [1.54, 1.807) is 0 Å². The second-order valence-corrected chi connectivity index (χ2v) is 9.07. The maximum absolute atomic E-state index is 10.0. The van der Waals surface area contributed by atoms with E-state index in [0.29, 0.717) is 17.3 Å². The Labute approximate surface area is 130 Å². The van der Waals surface area contributed by atoms with Crippen molar-refractivity contribution in [2.45, 2.75) is 84.3 Å². The van der Waals surface area contributed by atoms with Gasteiger partial charge in [0.15, 0.2) is 0 Å². The normalized spacial score (nSPS) is 54.1. The summed E-state index contributed by atoms with van der Waals surface area (Å²) in [6.45, 7) is 9.81. The van der Waals surface area contributed by atoms with Crippen LogP contribution in [0.3, 0.4) is 0 Å². The Kier molecular flexibility index (Phi) is 3.94. The Morgan fingerprint density at radius 3 is 2.48 bits per heavy atom. The second-order valence-electron chi connectivity index (χ2n) is 9.07. The molecule has 3 fully saturated rings. The fraction of sp³-hybridized carbons (Fsp3) is 1.00. The largest absolute Gasteiger partial charge is 0.393 e. The summed E-state index contributed by atoms with van der Waals surface area (Å²) in [7, 11) is 0. The third kappa shape index (κ3) is 2.28. The summed E-state index contributed by atoms with van der Waals surface area (Å²) in [5.74, 6) is 3.61. The van der Waals surface area contributed by atoms with Gasteiger partial charge in [-0.1, -0.05) is 27.7 Å². The van der Waals surface area contributed by atoms with Crippen molar-refractivity contribution in [3.8, 4) is 0 Å². The van der Waals surface area contributed by atoms with Gasteiger partial charge in [-0.25, -0.2) is 0 Å². The minimum Gasteiger partial charge on any atom is -0.393 e. The van der Waals surface area contributed by atoms with Gasteiger partial charge in [0, 0.05) is 5.54 Å². The third-order valence-electron chi connectivity index (χ3n) is 8.28. The Bertz CT molecular complexity index is 395. The first-order valence-corrected chi connectivity index (χ1v) is 9.26. The van der Waals surface area contributed by atoms with Crippen molar-refractivity contribution in [3.05, 3.63) is 0 Å². The topological polar surface area (TPSA) is 46.2 Å². The zero-order valence-corrected chi connectivity index (χ0v) is 14.4. The summed E-state index contributed by atoms with van der Waals surface area (Å²) in [4.78, 5) is 0. The molecule has 0 heterocycles. The van der Waals surface area contributed by atoms with Crippen molar-refractivity contribution in [1.82, 2.24) is 0 Å². The summed E-state index contributed by atoms with van der Waals surface area (Å²) in [6, 6.07) is 0. The van der Waals surface area contributed by atoms with Gasteiger partial charge in [-0.2, -0.15) is 0 Å². The van der Waals surface area contributed by atoms with Crippen molar-refractivity contribution >= 4 is 0 Å². The quantitative estimate of drug-likeness (QED) is 0.768. The van der Waals surface area contributed by atoms with Gasteiger partial charge in [-0.3, -0.25) is 0 Å². The fourth-order valence-electron chi connectivity index (χ4n) is 6.23. The molecule has 3 N–H and O–H groups in total. The Balaban J connectivity index is 1.85. The molecule has 3 aliphatic carbocycles. The molecule has 0 saturated heterocycles. The predicted octanol–water partition coefficient (Wildman–Crippen LogP) is 3.96. The summed E-state index contributed by atoms with van der Waals surface area (Å²) in [5.41, 5.74) is 7.50. The van der Waals surface area contributed by atoms with E-state index < -0.39 is 0 Å². The Hall–Kier alpha value is -0.0800. The van der Waals surface area contributed by atoms with Gasteiger partial charge in [0.2, 0.25) is 0 Å². The first kappa shape index (κ1) is 15.8. The molecule has 3 rings (SSSR count). The molecular formula is C19H35NO. The van der Waals surface area contributed by atoms with E-state index in [0.717, 1.165) is 37.0 Å². The van der Waals surface area contributed by atoms with Crippen LogP contribution in [-0.2, 0) is 0 Å². The number of rotatable bonds is 1. The summed E-state index contributed by atoms with van der Waals surface area (Å²) < 4.78 is 0. The molecule has 0 aromatic rings. The smallest absolute Gasteiger partial charge is 0.0544 e. The maximum Gasteiger partial charge on any atom is 0.0544 e. The molecule has 0 spiro atoms. The summed E-state index contributed by atoms with van der Waals surface area (Å²) >= 11 is 0. The monoisotopic (exact) mass is 293 g/mol. The molecule has 3 saturated carbocycles. The van der Waals surface area contributed by atoms with Crippen LogP contribution in [0.4, 0.5) is 0 Å². The van der Waals surface area contributed by atoms with E-state index in [2.05, 4.69) is 27.7 Å². The highest BCUT2D eigenvalue weighted by Gasteiger charge is 2.56. The molecule has 0 amide bonds. The van der Waals surface area contributed by atoms with E-state index in [4.69, 9.17) is 5.73 Å². The van der Waals surface area contributed by atoms with Gasteiger partial charge in [0.1, 0.15) is 0 Å². The van der Waals surface area contributed by atoms with Gasteiger partial charge in [-0.05, 0) is 80.0 Å². The molecule has 0 aromatic carbocycles. The summed E-state index contributed by atoms with van der Waals surface area (Å²) in [6.07, 6.45) is 8.06. The molecule has 0 aromatic heterocycles. The number of aliphatic hydroxyl groups is 1. The average Bonchev–Trinajstić information content (AvgIpc) is 2.43. The number of aliphatic hydroxyl groups excluding tert-OH is 1. The minimum atomic E-state index is -0.0924. The lowest BCUT2D eigenvalue weighted by atomic mass is 9.46. The van der Waals surface area contributed by atoms with Crippen molar-refractivity contribution in [2.75, 3.05) is 0 Å². The summed E-state index contributed by atoms with van der Waals surface area (Å²) in [5, 5.41) is 10.0. The van der Waals surface area contributed by atoms with Crippen molar-refractivity contribution in [1.29, 1.82) is 0 Å².